The van der Waals surface area contributed by atoms with Crippen molar-refractivity contribution in [1.29, 1.82) is 0 Å². The summed E-state index contributed by atoms with van der Waals surface area (Å²) in [6.07, 6.45) is 2.78. The molecule has 2 heterocycles. The van der Waals surface area contributed by atoms with E-state index in [1.165, 1.54) is 45.6 Å². The van der Waals surface area contributed by atoms with Crippen molar-refractivity contribution in [2.24, 2.45) is 5.92 Å². The molecule has 3 nitrogen and oxygen atoms in total. The third kappa shape index (κ3) is 3.43. The van der Waals surface area contributed by atoms with Crippen molar-refractivity contribution in [2.45, 2.75) is 38.8 Å². The second-order valence-electron chi connectivity index (χ2n) is 6.36. The molecule has 2 aliphatic heterocycles. The fraction of sp³-hybridized carbons (Fsp3) is 1.00. The summed E-state index contributed by atoms with van der Waals surface area (Å²) in [4.78, 5) is 7.68. The van der Waals surface area contributed by atoms with E-state index in [-0.39, 0.29) is 0 Å². The Labute approximate surface area is 107 Å². The number of likely N-dealkylation sites (N-methyl/N-ethyl adjacent to an activating group) is 1. The molecule has 0 aromatic heterocycles. The van der Waals surface area contributed by atoms with Crippen molar-refractivity contribution < 1.29 is 0 Å². The largest absolute Gasteiger partial charge is 0.306 e. The van der Waals surface area contributed by atoms with E-state index in [9.17, 15) is 0 Å². The van der Waals surface area contributed by atoms with Crippen LogP contribution in [0.1, 0.15) is 26.7 Å². The number of hydrogen-bond acceptors (Lipinski definition) is 3. The SMILES string of the molecule is CC1CN(C)CC(C)N1CC1CCN(C)CC1. The molecule has 0 radical (unpaired) electrons. The molecular formula is C14H29N3. The zero-order valence-electron chi connectivity index (χ0n) is 12.0. The topological polar surface area (TPSA) is 9.72 Å². The maximum atomic E-state index is 2.75. The lowest BCUT2D eigenvalue weighted by Gasteiger charge is -2.45. The predicted octanol–water partition coefficient (Wildman–Crippen LogP) is 1.35. The number of piperidine rings is 1. The fourth-order valence-corrected chi connectivity index (χ4v) is 3.52. The van der Waals surface area contributed by atoms with Crippen LogP contribution in [0.2, 0.25) is 0 Å². The van der Waals surface area contributed by atoms with Crippen LogP contribution in [0.25, 0.3) is 0 Å². The second kappa shape index (κ2) is 5.68. The lowest BCUT2D eigenvalue weighted by Crippen LogP contribution is -2.57. The van der Waals surface area contributed by atoms with Gasteiger partial charge in [0.1, 0.15) is 0 Å². The molecule has 3 heteroatoms. The molecule has 100 valence electrons. The summed E-state index contributed by atoms with van der Waals surface area (Å²) in [5.41, 5.74) is 0. The lowest BCUT2D eigenvalue weighted by molar-refractivity contribution is 0.0302. The highest BCUT2D eigenvalue weighted by Crippen LogP contribution is 2.22. The van der Waals surface area contributed by atoms with Crippen molar-refractivity contribution in [1.82, 2.24) is 14.7 Å². The first-order valence-corrected chi connectivity index (χ1v) is 7.19. The van der Waals surface area contributed by atoms with Gasteiger partial charge in [-0.15, -0.1) is 0 Å². The standard InChI is InChI=1S/C14H29N3/c1-12-9-16(4)10-13(2)17(12)11-14-5-7-15(3)8-6-14/h12-14H,5-11H2,1-4H3. The Morgan fingerprint density at radius 2 is 1.41 bits per heavy atom. The number of rotatable bonds is 2. The molecule has 17 heavy (non-hydrogen) atoms. The number of hydrogen-bond donors (Lipinski definition) is 0. The molecule has 0 N–H and O–H groups in total. The molecule has 0 amide bonds. The maximum Gasteiger partial charge on any atom is 0.0198 e. The van der Waals surface area contributed by atoms with Crippen LogP contribution >= 0.6 is 0 Å². The van der Waals surface area contributed by atoms with Crippen LogP contribution in [-0.2, 0) is 0 Å². The van der Waals surface area contributed by atoms with Crippen molar-refractivity contribution in [2.75, 3.05) is 46.8 Å². The van der Waals surface area contributed by atoms with Gasteiger partial charge in [-0.3, -0.25) is 4.90 Å². The molecule has 0 saturated carbocycles. The summed E-state index contributed by atoms with van der Waals surface area (Å²) in [6, 6.07) is 1.45. The van der Waals surface area contributed by atoms with Crippen LogP contribution in [0.4, 0.5) is 0 Å². The van der Waals surface area contributed by atoms with Crippen molar-refractivity contribution >= 4 is 0 Å². The first-order chi connectivity index (χ1) is 8.06. The van der Waals surface area contributed by atoms with Gasteiger partial charge in [0.25, 0.3) is 0 Å². The van der Waals surface area contributed by atoms with Crippen LogP contribution in [0.3, 0.4) is 0 Å². The van der Waals surface area contributed by atoms with Gasteiger partial charge in [0.2, 0.25) is 0 Å². The number of likely N-dealkylation sites (tertiary alicyclic amines) is 1. The highest BCUT2D eigenvalue weighted by atomic mass is 15.3. The minimum absolute atomic E-state index is 0.725. The van der Waals surface area contributed by atoms with Crippen LogP contribution < -0.4 is 0 Å². The molecule has 0 bridgehead atoms. The van der Waals surface area contributed by atoms with Gasteiger partial charge in [0, 0.05) is 31.7 Å². The van der Waals surface area contributed by atoms with Gasteiger partial charge in [-0.1, -0.05) is 0 Å². The van der Waals surface area contributed by atoms with E-state index < -0.39 is 0 Å². The van der Waals surface area contributed by atoms with Gasteiger partial charge in [0.05, 0.1) is 0 Å². The summed E-state index contributed by atoms with van der Waals surface area (Å²) in [6.45, 7) is 11.2. The Hall–Kier alpha value is -0.120. The summed E-state index contributed by atoms with van der Waals surface area (Å²) >= 11 is 0. The molecule has 0 aromatic rings. The normalized spacial score (nSPS) is 35.3. The van der Waals surface area contributed by atoms with Crippen LogP contribution in [-0.4, -0.2) is 73.6 Å². The van der Waals surface area contributed by atoms with Crippen molar-refractivity contribution in [3.05, 3.63) is 0 Å². The Morgan fingerprint density at radius 3 is 1.94 bits per heavy atom. The highest BCUT2D eigenvalue weighted by Gasteiger charge is 2.30. The monoisotopic (exact) mass is 239 g/mol. The average Bonchev–Trinajstić information content (AvgIpc) is 2.26. The minimum atomic E-state index is 0.725. The van der Waals surface area contributed by atoms with Gasteiger partial charge in [0.15, 0.2) is 0 Å². The third-order valence-electron chi connectivity index (χ3n) is 4.59. The van der Waals surface area contributed by atoms with E-state index in [0.717, 1.165) is 18.0 Å². The molecule has 2 saturated heterocycles. The van der Waals surface area contributed by atoms with E-state index in [4.69, 9.17) is 0 Å². The maximum absolute atomic E-state index is 2.75. The van der Waals surface area contributed by atoms with Gasteiger partial charge < -0.3 is 9.80 Å². The van der Waals surface area contributed by atoms with Crippen LogP contribution in [0, 0.1) is 5.92 Å². The Bertz CT molecular complexity index is 224. The Morgan fingerprint density at radius 1 is 0.882 bits per heavy atom. The van der Waals surface area contributed by atoms with Crippen LogP contribution in [0.5, 0.6) is 0 Å². The van der Waals surface area contributed by atoms with Crippen molar-refractivity contribution in [3.8, 4) is 0 Å². The first-order valence-electron chi connectivity index (χ1n) is 7.19. The van der Waals surface area contributed by atoms with Gasteiger partial charge >= 0.3 is 0 Å². The molecule has 2 rings (SSSR count). The molecule has 0 aromatic carbocycles. The molecule has 2 atom stereocenters. The zero-order valence-corrected chi connectivity index (χ0v) is 12.0. The van der Waals surface area contributed by atoms with Gasteiger partial charge in [-0.25, -0.2) is 0 Å². The van der Waals surface area contributed by atoms with E-state index in [2.05, 4.69) is 42.6 Å². The fourth-order valence-electron chi connectivity index (χ4n) is 3.52. The second-order valence-corrected chi connectivity index (χ2v) is 6.36. The molecular weight excluding hydrogens is 210 g/mol. The quantitative estimate of drug-likeness (QED) is 0.720. The summed E-state index contributed by atoms with van der Waals surface area (Å²) < 4.78 is 0. The zero-order chi connectivity index (χ0) is 12.4. The molecule has 2 aliphatic rings. The van der Waals surface area contributed by atoms with E-state index in [1.807, 2.05) is 0 Å². The van der Waals surface area contributed by atoms with Crippen molar-refractivity contribution in [3.63, 3.8) is 0 Å². The minimum Gasteiger partial charge on any atom is -0.306 e. The molecule has 0 spiro atoms. The third-order valence-corrected chi connectivity index (χ3v) is 4.59. The van der Waals surface area contributed by atoms with Crippen LogP contribution in [0.15, 0.2) is 0 Å². The lowest BCUT2D eigenvalue weighted by atomic mass is 9.94. The summed E-state index contributed by atoms with van der Waals surface area (Å²) in [7, 11) is 4.50. The number of nitrogens with zero attached hydrogens (tertiary/aromatic N) is 3. The number of piperazine rings is 1. The van der Waals surface area contributed by atoms with E-state index in [0.29, 0.717) is 0 Å². The first kappa shape index (κ1) is 13.3. The van der Waals surface area contributed by atoms with Gasteiger partial charge in [-0.05, 0) is 59.8 Å². The summed E-state index contributed by atoms with van der Waals surface area (Å²) in [5, 5.41) is 0. The molecule has 2 fully saturated rings. The smallest absolute Gasteiger partial charge is 0.0198 e. The van der Waals surface area contributed by atoms with Gasteiger partial charge in [-0.2, -0.15) is 0 Å². The molecule has 0 aliphatic carbocycles. The average molecular weight is 239 g/mol. The van der Waals surface area contributed by atoms with E-state index in [1.54, 1.807) is 0 Å². The Balaban J connectivity index is 1.85. The Kier molecular flexibility index (Phi) is 4.45. The van der Waals surface area contributed by atoms with E-state index >= 15 is 0 Å². The highest BCUT2D eigenvalue weighted by molar-refractivity contribution is 4.85. The summed E-state index contributed by atoms with van der Waals surface area (Å²) in [5.74, 6) is 0.930. The predicted molar refractivity (Wildman–Crippen MR) is 73.3 cm³/mol. The molecule has 2 unspecified atom stereocenters.